The third-order valence-electron chi connectivity index (χ3n) is 5.53. The third kappa shape index (κ3) is 2.61. The summed E-state index contributed by atoms with van der Waals surface area (Å²) in [5.41, 5.74) is 0.364. The summed E-state index contributed by atoms with van der Waals surface area (Å²) in [6, 6.07) is 4.99. The molecule has 138 valence electrons. The zero-order valence-corrected chi connectivity index (χ0v) is 14.5. The average Bonchev–Trinajstić information content (AvgIpc) is 3.07. The molecule has 3 aliphatic rings. The molecule has 26 heavy (non-hydrogen) atoms. The van der Waals surface area contributed by atoms with Gasteiger partial charge in [0.25, 0.3) is 11.8 Å². The molecule has 0 aromatic heterocycles. The molecule has 0 spiro atoms. The number of nitrogens with zero attached hydrogens (tertiary/aromatic N) is 1. The van der Waals surface area contributed by atoms with Crippen LogP contribution in [0.5, 0.6) is 5.75 Å². The number of ether oxygens (including phenoxy) is 2. The predicted octanol–water partition coefficient (Wildman–Crippen LogP) is 0.242. The molecule has 2 atom stereocenters. The van der Waals surface area contributed by atoms with Crippen LogP contribution in [-0.4, -0.2) is 62.6 Å². The number of fused-ring (bicyclic) bond motifs is 2. The lowest BCUT2D eigenvalue weighted by atomic mass is 9.73. The van der Waals surface area contributed by atoms with Crippen molar-refractivity contribution in [3.05, 3.63) is 23.8 Å². The highest BCUT2D eigenvalue weighted by Crippen LogP contribution is 2.43. The van der Waals surface area contributed by atoms with Crippen LogP contribution in [0.25, 0.3) is 0 Å². The van der Waals surface area contributed by atoms with Gasteiger partial charge in [0, 0.05) is 38.2 Å². The molecule has 0 saturated carbocycles. The van der Waals surface area contributed by atoms with E-state index in [9.17, 15) is 14.4 Å². The largest absolute Gasteiger partial charge is 0.482 e. The number of likely N-dealkylation sites (tertiary alicyclic amines) is 1. The normalized spacial score (nSPS) is 27.0. The summed E-state index contributed by atoms with van der Waals surface area (Å²) in [7, 11) is 1.63. The van der Waals surface area contributed by atoms with Crippen molar-refractivity contribution in [3.8, 4) is 5.75 Å². The maximum Gasteiger partial charge on any atom is 0.262 e. The van der Waals surface area contributed by atoms with Crippen molar-refractivity contribution in [1.82, 2.24) is 10.2 Å². The molecule has 1 aromatic rings. The van der Waals surface area contributed by atoms with Gasteiger partial charge in [-0.1, -0.05) is 0 Å². The Bertz CT molecular complexity index is 780. The van der Waals surface area contributed by atoms with E-state index in [1.807, 2.05) is 0 Å². The van der Waals surface area contributed by atoms with E-state index in [0.29, 0.717) is 49.7 Å². The van der Waals surface area contributed by atoms with Crippen LogP contribution in [0.15, 0.2) is 18.2 Å². The van der Waals surface area contributed by atoms with Crippen molar-refractivity contribution in [1.29, 1.82) is 0 Å². The van der Waals surface area contributed by atoms with Gasteiger partial charge >= 0.3 is 0 Å². The number of hydrogen-bond acceptors (Lipinski definition) is 5. The molecule has 2 saturated heterocycles. The van der Waals surface area contributed by atoms with Crippen LogP contribution in [0.1, 0.15) is 16.8 Å². The van der Waals surface area contributed by atoms with Crippen LogP contribution < -0.4 is 15.4 Å². The fraction of sp³-hybridized carbons (Fsp3) is 0.500. The van der Waals surface area contributed by atoms with Gasteiger partial charge in [-0.25, -0.2) is 0 Å². The Balaban J connectivity index is 1.58. The summed E-state index contributed by atoms with van der Waals surface area (Å²) >= 11 is 0. The zero-order valence-electron chi connectivity index (χ0n) is 14.5. The minimum Gasteiger partial charge on any atom is -0.482 e. The number of carbonyl (C=O) groups is 3. The van der Waals surface area contributed by atoms with E-state index in [1.54, 1.807) is 30.1 Å². The molecule has 0 unspecified atom stereocenters. The second kappa shape index (κ2) is 6.28. The van der Waals surface area contributed by atoms with Crippen LogP contribution >= 0.6 is 0 Å². The lowest BCUT2D eigenvalue weighted by Gasteiger charge is -2.36. The lowest BCUT2D eigenvalue weighted by molar-refractivity contribution is -0.138. The Morgan fingerprint density at radius 3 is 3.04 bits per heavy atom. The maximum absolute atomic E-state index is 13.0. The minimum atomic E-state index is -0.589. The highest BCUT2D eigenvalue weighted by molar-refractivity contribution is 6.00. The summed E-state index contributed by atoms with van der Waals surface area (Å²) in [6.45, 7) is 1.83. The van der Waals surface area contributed by atoms with Crippen LogP contribution in [0.3, 0.4) is 0 Å². The molecule has 1 aromatic carbocycles. The first-order valence-electron chi connectivity index (χ1n) is 8.69. The van der Waals surface area contributed by atoms with E-state index in [0.717, 1.165) is 0 Å². The first-order chi connectivity index (χ1) is 12.5. The topological polar surface area (TPSA) is 97.0 Å². The highest BCUT2D eigenvalue weighted by atomic mass is 16.5. The zero-order chi connectivity index (χ0) is 18.3. The van der Waals surface area contributed by atoms with Crippen molar-refractivity contribution in [2.45, 2.75) is 6.42 Å². The molecule has 2 N–H and O–H groups in total. The van der Waals surface area contributed by atoms with Crippen molar-refractivity contribution in [3.63, 3.8) is 0 Å². The van der Waals surface area contributed by atoms with Gasteiger partial charge in [0.05, 0.1) is 17.7 Å². The molecule has 3 aliphatic heterocycles. The van der Waals surface area contributed by atoms with Gasteiger partial charge in [0.1, 0.15) is 5.75 Å². The maximum atomic E-state index is 13.0. The molecule has 0 bridgehead atoms. The Hall–Kier alpha value is -2.61. The summed E-state index contributed by atoms with van der Waals surface area (Å²) < 4.78 is 10.9. The molecular weight excluding hydrogens is 338 g/mol. The van der Waals surface area contributed by atoms with E-state index in [4.69, 9.17) is 9.47 Å². The van der Waals surface area contributed by atoms with Gasteiger partial charge < -0.3 is 25.0 Å². The molecule has 3 heterocycles. The molecule has 4 rings (SSSR count). The number of amides is 3. The molecule has 2 fully saturated rings. The quantitative estimate of drug-likeness (QED) is 0.789. The number of benzene rings is 1. The number of nitrogens with one attached hydrogen (secondary N) is 2. The SMILES string of the molecule is CNC(=O)[C@]12CCOC[C@H]1CN(C(=O)c1ccc3c(c1)NC(=O)CO3)C2. The van der Waals surface area contributed by atoms with E-state index >= 15 is 0 Å². The predicted molar refractivity (Wildman–Crippen MR) is 91.9 cm³/mol. The van der Waals surface area contributed by atoms with Crippen LogP contribution in [0.4, 0.5) is 5.69 Å². The van der Waals surface area contributed by atoms with Crippen LogP contribution in [0, 0.1) is 11.3 Å². The van der Waals surface area contributed by atoms with Crippen LogP contribution in [-0.2, 0) is 14.3 Å². The first kappa shape index (κ1) is 16.8. The Labute approximate surface area is 150 Å². The van der Waals surface area contributed by atoms with Crippen molar-refractivity contribution < 1.29 is 23.9 Å². The van der Waals surface area contributed by atoms with E-state index in [1.165, 1.54) is 0 Å². The Morgan fingerprint density at radius 1 is 1.38 bits per heavy atom. The number of anilines is 1. The summed E-state index contributed by atoms with van der Waals surface area (Å²) in [5.74, 6) is 0.0924. The molecule has 0 radical (unpaired) electrons. The monoisotopic (exact) mass is 359 g/mol. The smallest absolute Gasteiger partial charge is 0.262 e. The standard InChI is InChI=1S/C18H21N3O5/c1-19-17(24)18-4-5-25-8-12(18)7-21(10-18)16(23)11-2-3-14-13(6-11)20-15(22)9-26-14/h2-3,6,12H,4-5,7-10H2,1H3,(H,19,24)(H,20,22)/t12-,18+/m1/s1. The Morgan fingerprint density at radius 2 is 2.23 bits per heavy atom. The Kier molecular flexibility index (Phi) is 4.07. The van der Waals surface area contributed by atoms with Gasteiger partial charge in [0.2, 0.25) is 5.91 Å². The summed E-state index contributed by atoms with van der Waals surface area (Å²) in [4.78, 5) is 38.7. The number of rotatable bonds is 2. The second-order valence-electron chi connectivity index (χ2n) is 6.99. The number of carbonyl (C=O) groups excluding carboxylic acids is 3. The minimum absolute atomic E-state index is 0.0131. The van der Waals surface area contributed by atoms with Gasteiger partial charge in [-0.05, 0) is 24.6 Å². The first-order valence-corrected chi connectivity index (χ1v) is 8.69. The van der Waals surface area contributed by atoms with E-state index < -0.39 is 5.41 Å². The molecule has 8 heteroatoms. The molecule has 0 aliphatic carbocycles. The van der Waals surface area contributed by atoms with Crippen molar-refractivity contribution in [2.75, 3.05) is 45.3 Å². The third-order valence-corrected chi connectivity index (χ3v) is 5.53. The highest BCUT2D eigenvalue weighted by Gasteiger charge is 2.54. The summed E-state index contributed by atoms with van der Waals surface area (Å²) in [5, 5.41) is 5.46. The molecule has 8 nitrogen and oxygen atoms in total. The van der Waals surface area contributed by atoms with Crippen molar-refractivity contribution in [2.24, 2.45) is 11.3 Å². The summed E-state index contributed by atoms with van der Waals surface area (Å²) in [6.07, 6.45) is 0.606. The second-order valence-corrected chi connectivity index (χ2v) is 6.99. The van der Waals surface area contributed by atoms with Crippen molar-refractivity contribution >= 4 is 23.4 Å². The number of hydrogen-bond donors (Lipinski definition) is 2. The van der Waals surface area contributed by atoms with Gasteiger partial charge in [-0.2, -0.15) is 0 Å². The van der Waals surface area contributed by atoms with Gasteiger partial charge in [-0.3, -0.25) is 14.4 Å². The van der Waals surface area contributed by atoms with Gasteiger partial charge in [-0.15, -0.1) is 0 Å². The van der Waals surface area contributed by atoms with E-state index in [-0.39, 0.29) is 30.2 Å². The average molecular weight is 359 g/mol. The molecular formula is C18H21N3O5. The van der Waals surface area contributed by atoms with Gasteiger partial charge in [0.15, 0.2) is 6.61 Å². The van der Waals surface area contributed by atoms with Crippen LogP contribution in [0.2, 0.25) is 0 Å². The van der Waals surface area contributed by atoms with E-state index in [2.05, 4.69) is 10.6 Å². The fourth-order valence-electron chi connectivity index (χ4n) is 4.12. The molecule has 3 amide bonds. The fourth-order valence-corrected chi connectivity index (χ4v) is 4.12. The lowest BCUT2D eigenvalue weighted by Crippen LogP contribution is -2.49.